The van der Waals surface area contributed by atoms with Crippen molar-refractivity contribution in [2.75, 3.05) is 18.4 Å². The largest absolute Gasteiger partial charge is 0.369 e. The topological polar surface area (TPSA) is 66.9 Å². The molecule has 1 rings (SSSR count). The Morgan fingerprint density at radius 1 is 1.37 bits per heavy atom. The Kier molecular flexibility index (Phi) is 6.85. The van der Waals surface area contributed by atoms with E-state index in [9.17, 15) is 4.79 Å². The molecule has 0 atom stereocenters. The van der Waals surface area contributed by atoms with Gasteiger partial charge in [-0.05, 0) is 12.3 Å². The summed E-state index contributed by atoms with van der Waals surface area (Å²) in [5.41, 5.74) is 1.03. The molecule has 0 bridgehead atoms. The lowest BCUT2D eigenvalue weighted by Crippen LogP contribution is -2.28. The number of carbonyl (C=O) groups is 1. The van der Waals surface area contributed by atoms with Gasteiger partial charge in [-0.1, -0.05) is 27.2 Å². The summed E-state index contributed by atoms with van der Waals surface area (Å²) in [5, 5.41) is 6.04. The normalized spacial score (nSPS) is 10.5. The second-order valence-electron chi connectivity index (χ2n) is 5.02. The molecule has 0 saturated heterocycles. The van der Waals surface area contributed by atoms with Crippen LogP contribution in [-0.4, -0.2) is 29.0 Å². The van der Waals surface area contributed by atoms with E-state index < -0.39 is 0 Å². The highest BCUT2D eigenvalue weighted by molar-refractivity contribution is 5.76. The van der Waals surface area contributed by atoms with Crippen molar-refractivity contribution in [1.82, 2.24) is 15.3 Å². The Labute approximate surface area is 115 Å². The fourth-order valence-corrected chi connectivity index (χ4v) is 1.60. The van der Waals surface area contributed by atoms with Gasteiger partial charge in [-0.2, -0.15) is 0 Å². The molecule has 0 unspecified atom stereocenters. The second-order valence-corrected chi connectivity index (χ2v) is 5.02. The summed E-state index contributed by atoms with van der Waals surface area (Å²) < 4.78 is 0. The highest BCUT2D eigenvalue weighted by Crippen LogP contribution is 2.05. The van der Waals surface area contributed by atoms with Crippen molar-refractivity contribution in [3.05, 3.63) is 18.1 Å². The number of aryl methyl sites for hydroxylation is 1. The lowest BCUT2D eigenvalue weighted by Gasteiger charge is -2.09. The molecule has 0 aliphatic heterocycles. The van der Waals surface area contributed by atoms with Gasteiger partial charge in [-0.3, -0.25) is 4.79 Å². The summed E-state index contributed by atoms with van der Waals surface area (Å²) in [6, 6.07) is 1.94. The molecule has 2 N–H and O–H groups in total. The van der Waals surface area contributed by atoms with Crippen LogP contribution >= 0.6 is 0 Å². The highest BCUT2D eigenvalue weighted by atomic mass is 16.1. The summed E-state index contributed by atoms with van der Waals surface area (Å²) >= 11 is 0. The van der Waals surface area contributed by atoms with E-state index in [2.05, 4.69) is 41.4 Å². The van der Waals surface area contributed by atoms with E-state index >= 15 is 0 Å². The molecule has 106 valence electrons. The third kappa shape index (κ3) is 6.74. The molecule has 0 spiro atoms. The van der Waals surface area contributed by atoms with Crippen LogP contribution in [-0.2, 0) is 11.2 Å². The maximum Gasteiger partial charge on any atom is 0.221 e. The molecule has 0 radical (unpaired) electrons. The van der Waals surface area contributed by atoms with Crippen molar-refractivity contribution in [3.8, 4) is 0 Å². The average molecular weight is 264 g/mol. The first-order valence-electron chi connectivity index (χ1n) is 6.93. The molecule has 0 aliphatic carbocycles. The number of hydrogen-bond acceptors (Lipinski definition) is 4. The van der Waals surface area contributed by atoms with Crippen LogP contribution in [0.1, 0.15) is 39.3 Å². The van der Waals surface area contributed by atoms with Crippen LogP contribution in [0.2, 0.25) is 0 Å². The molecule has 1 heterocycles. The van der Waals surface area contributed by atoms with Crippen molar-refractivity contribution in [2.24, 2.45) is 5.92 Å². The Balaban J connectivity index is 2.28. The molecule has 5 nitrogen and oxygen atoms in total. The van der Waals surface area contributed by atoms with Crippen molar-refractivity contribution < 1.29 is 4.79 Å². The lowest BCUT2D eigenvalue weighted by molar-refractivity contribution is -0.120. The minimum absolute atomic E-state index is 0.0732. The molecular weight excluding hydrogens is 240 g/mol. The number of nitrogens with one attached hydrogen (secondary N) is 2. The fraction of sp³-hybridized carbons (Fsp3) is 0.643. The quantitative estimate of drug-likeness (QED) is 0.753. The Morgan fingerprint density at radius 3 is 2.84 bits per heavy atom. The molecule has 0 aromatic carbocycles. The number of nitrogens with zero attached hydrogens (tertiary/aromatic N) is 2. The number of amides is 1. The van der Waals surface area contributed by atoms with Crippen molar-refractivity contribution in [2.45, 2.75) is 40.0 Å². The number of anilines is 1. The third-order valence-corrected chi connectivity index (χ3v) is 2.60. The van der Waals surface area contributed by atoms with Gasteiger partial charge < -0.3 is 10.6 Å². The Morgan fingerprint density at radius 2 is 2.16 bits per heavy atom. The van der Waals surface area contributed by atoms with E-state index in [4.69, 9.17) is 0 Å². The lowest BCUT2D eigenvalue weighted by atomic mass is 10.2. The van der Waals surface area contributed by atoms with E-state index in [1.807, 2.05) is 6.07 Å². The minimum atomic E-state index is 0.0732. The molecule has 0 aliphatic rings. The minimum Gasteiger partial charge on any atom is -0.369 e. The van der Waals surface area contributed by atoms with Crippen LogP contribution in [0, 0.1) is 5.92 Å². The van der Waals surface area contributed by atoms with Gasteiger partial charge in [0.2, 0.25) is 5.91 Å². The zero-order valence-electron chi connectivity index (χ0n) is 12.1. The van der Waals surface area contributed by atoms with E-state index in [-0.39, 0.29) is 5.91 Å². The molecule has 1 aromatic rings. The van der Waals surface area contributed by atoms with Crippen LogP contribution in [0.3, 0.4) is 0 Å². The van der Waals surface area contributed by atoms with E-state index in [0.29, 0.717) is 18.9 Å². The van der Waals surface area contributed by atoms with Crippen molar-refractivity contribution >= 4 is 11.7 Å². The van der Waals surface area contributed by atoms with Crippen LogP contribution in [0.15, 0.2) is 12.4 Å². The Hall–Kier alpha value is -1.65. The monoisotopic (exact) mass is 264 g/mol. The van der Waals surface area contributed by atoms with Crippen LogP contribution in [0.5, 0.6) is 0 Å². The zero-order valence-corrected chi connectivity index (χ0v) is 12.1. The first-order chi connectivity index (χ1) is 9.11. The summed E-state index contributed by atoms with van der Waals surface area (Å²) in [6.45, 7) is 7.59. The van der Waals surface area contributed by atoms with Gasteiger partial charge in [0.15, 0.2) is 0 Å². The van der Waals surface area contributed by atoms with Gasteiger partial charge in [0.25, 0.3) is 0 Å². The van der Waals surface area contributed by atoms with E-state index in [1.54, 1.807) is 6.33 Å². The van der Waals surface area contributed by atoms with Crippen LogP contribution in [0.4, 0.5) is 5.82 Å². The number of aromatic nitrogens is 2. The van der Waals surface area contributed by atoms with Gasteiger partial charge in [0.05, 0.1) is 0 Å². The van der Waals surface area contributed by atoms with Crippen molar-refractivity contribution in [3.63, 3.8) is 0 Å². The predicted molar refractivity (Wildman–Crippen MR) is 77.0 cm³/mol. The molecule has 5 heteroatoms. The number of rotatable bonds is 8. The van der Waals surface area contributed by atoms with Gasteiger partial charge >= 0.3 is 0 Å². The molecule has 0 saturated carbocycles. The summed E-state index contributed by atoms with van der Waals surface area (Å²) in [6.07, 6.45) is 4.03. The van der Waals surface area contributed by atoms with E-state index in [1.165, 1.54) is 0 Å². The predicted octanol–water partition coefficient (Wildman–Crippen LogP) is 2.00. The van der Waals surface area contributed by atoms with E-state index in [0.717, 1.165) is 30.9 Å². The first-order valence-corrected chi connectivity index (χ1v) is 6.93. The third-order valence-electron chi connectivity index (χ3n) is 2.60. The number of hydrogen-bond donors (Lipinski definition) is 2. The average Bonchev–Trinajstić information content (AvgIpc) is 2.37. The molecule has 19 heavy (non-hydrogen) atoms. The summed E-state index contributed by atoms with van der Waals surface area (Å²) in [4.78, 5) is 19.9. The Bertz CT molecular complexity index is 393. The van der Waals surface area contributed by atoms with Gasteiger partial charge in [0, 0.05) is 31.3 Å². The summed E-state index contributed by atoms with van der Waals surface area (Å²) in [5.74, 6) is 1.34. The fourth-order valence-electron chi connectivity index (χ4n) is 1.60. The second kappa shape index (κ2) is 8.45. The smallest absolute Gasteiger partial charge is 0.221 e. The zero-order chi connectivity index (χ0) is 14.1. The van der Waals surface area contributed by atoms with Crippen LogP contribution < -0.4 is 10.6 Å². The molecule has 0 fully saturated rings. The molecule has 1 aromatic heterocycles. The van der Waals surface area contributed by atoms with Gasteiger partial charge in [-0.15, -0.1) is 0 Å². The van der Waals surface area contributed by atoms with Gasteiger partial charge in [-0.25, -0.2) is 9.97 Å². The SMILES string of the molecule is CCCc1cc(NCCC(=O)NCC(C)C)ncn1. The highest BCUT2D eigenvalue weighted by Gasteiger charge is 2.03. The standard InChI is InChI=1S/C14H24N4O/c1-4-5-12-8-13(18-10-17-12)15-7-6-14(19)16-9-11(2)3/h8,10-11H,4-7,9H2,1-3H3,(H,16,19)(H,15,17,18). The molecular formula is C14H24N4O. The molecule has 1 amide bonds. The van der Waals surface area contributed by atoms with Crippen LogP contribution in [0.25, 0.3) is 0 Å². The summed E-state index contributed by atoms with van der Waals surface area (Å²) in [7, 11) is 0. The maximum atomic E-state index is 11.5. The first kappa shape index (κ1) is 15.4. The number of carbonyl (C=O) groups excluding carboxylic acids is 1. The van der Waals surface area contributed by atoms with Gasteiger partial charge in [0.1, 0.15) is 12.1 Å². The maximum absolute atomic E-state index is 11.5. The van der Waals surface area contributed by atoms with Crippen molar-refractivity contribution in [1.29, 1.82) is 0 Å².